The van der Waals surface area contributed by atoms with E-state index in [1.54, 1.807) is 7.11 Å². The normalized spacial score (nSPS) is 14.4. The maximum Gasteiger partial charge on any atom is 0.127 e. The molecule has 0 aromatic heterocycles. The van der Waals surface area contributed by atoms with Gasteiger partial charge in [-0.05, 0) is 43.0 Å². The van der Waals surface area contributed by atoms with Crippen LogP contribution in [0.3, 0.4) is 0 Å². The van der Waals surface area contributed by atoms with E-state index in [0.717, 1.165) is 29.6 Å². The molecule has 1 rings (SSSR count). The number of ether oxygens (including phenoxy) is 1. The van der Waals surface area contributed by atoms with Gasteiger partial charge in [-0.25, -0.2) is 4.39 Å². The molecule has 0 aliphatic heterocycles. The number of benzene rings is 1. The number of halogens is 2. The van der Waals surface area contributed by atoms with Gasteiger partial charge >= 0.3 is 0 Å². The molecule has 4 heteroatoms. The highest BCUT2D eigenvalue weighted by Gasteiger charge is 2.15. The average molecular weight is 332 g/mol. The minimum Gasteiger partial charge on any atom is -0.384 e. The zero-order valence-electron chi connectivity index (χ0n) is 11.9. The van der Waals surface area contributed by atoms with Crippen molar-refractivity contribution in [2.75, 3.05) is 20.3 Å². The Balaban J connectivity index is 2.66. The lowest BCUT2D eigenvalue weighted by Crippen LogP contribution is -2.33. The Hall–Kier alpha value is -0.450. The number of likely N-dealkylation sites (N-methyl/N-ethyl adjacent to an activating group) is 1. The Morgan fingerprint density at radius 3 is 2.74 bits per heavy atom. The van der Waals surface area contributed by atoms with E-state index >= 15 is 0 Å². The maximum atomic E-state index is 13.9. The van der Waals surface area contributed by atoms with Gasteiger partial charge in [0.15, 0.2) is 0 Å². The fourth-order valence-corrected chi connectivity index (χ4v) is 2.65. The fraction of sp³-hybridized carbons (Fsp3) is 0.600. The average Bonchev–Trinajstić information content (AvgIpc) is 2.33. The van der Waals surface area contributed by atoms with Crippen molar-refractivity contribution in [3.8, 4) is 0 Å². The minimum absolute atomic E-state index is 0.142. The van der Waals surface area contributed by atoms with E-state index in [4.69, 9.17) is 4.74 Å². The summed E-state index contributed by atoms with van der Waals surface area (Å²) < 4.78 is 19.8. The summed E-state index contributed by atoms with van der Waals surface area (Å²) in [4.78, 5) is 0. The van der Waals surface area contributed by atoms with Gasteiger partial charge in [-0.15, -0.1) is 0 Å². The highest BCUT2D eigenvalue weighted by molar-refractivity contribution is 9.10. The molecule has 19 heavy (non-hydrogen) atoms. The smallest absolute Gasteiger partial charge is 0.127 e. The molecule has 2 atom stereocenters. The predicted molar refractivity (Wildman–Crippen MR) is 80.9 cm³/mol. The van der Waals surface area contributed by atoms with Gasteiger partial charge in [0.25, 0.3) is 0 Å². The zero-order valence-corrected chi connectivity index (χ0v) is 13.5. The second-order valence-electron chi connectivity index (χ2n) is 4.99. The van der Waals surface area contributed by atoms with Crippen molar-refractivity contribution >= 4 is 15.9 Å². The number of hydrogen-bond acceptors (Lipinski definition) is 2. The fourth-order valence-electron chi connectivity index (χ4n) is 2.32. The Bertz CT molecular complexity index is 386. The van der Waals surface area contributed by atoms with Crippen LogP contribution in [0.1, 0.15) is 25.8 Å². The molecular formula is C15H23BrFNO. The van der Waals surface area contributed by atoms with E-state index in [0.29, 0.717) is 12.3 Å². The maximum absolute atomic E-state index is 13.9. The van der Waals surface area contributed by atoms with Gasteiger partial charge in [-0.1, -0.05) is 35.8 Å². The summed E-state index contributed by atoms with van der Waals surface area (Å²) in [5.74, 6) is 0.323. The van der Waals surface area contributed by atoms with Gasteiger partial charge < -0.3 is 10.1 Å². The quantitative estimate of drug-likeness (QED) is 0.782. The van der Waals surface area contributed by atoms with Crippen LogP contribution in [0.4, 0.5) is 4.39 Å². The first-order valence-electron chi connectivity index (χ1n) is 6.73. The van der Waals surface area contributed by atoms with Crippen LogP contribution in [0.2, 0.25) is 0 Å². The third-order valence-electron chi connectivity index (χ3n) is 3.11. The molecule has 108 valence electrons. The van der Waals surface area contributed by atoms with Crippen LogP contribution < -0.4 is 5.32 Å². The molecule has 0 fully saturated rings. The molecule has 0 radical (unpaired) electrons. The van der Waals surface area contributed by atoms with Crippen LogP contribution in [0.25, 0.3) is 0 Å². The Morgan fingerprint density at radius 2 is 2.16 bits per heavy atom. The molecule has 0 aliphatic rings. The van der Waals surface area contributed by atoms with Crippen LogP contribution in [-0.2, 0) is 11.2 Å². The summed E-state index contributed by atoms with van der Waals surface area (Å²) in [6, 6.07) is 5.55. The Morgan fingerprint density at radius 1 is 1.42 bits per heavy atom. The summed E-state index contributed by atoms with van der Waals surface area (Å²) in [6.07, 6.45) is 1.69. The molecule has 2 unspecified atom stereocenters. The number of rotatable bonds is 8. The number of methoxy groups -OCH3 is 1. The highest BCUT2D eigenvalue weighted by Crippen LogP contribution is 2.18. The lowest BCUT2D eigenvalue weighted by molar-refractivity contribution is 0.149. The molecule has 0 heterocycles. The van der Waals surface area contributed by atoms with Crippen molar-refractivity contribution in [2.24, 2.45) is 5.92 Å². The molecular weight excluding hydrogens is 309 g/mol. The molecule has 1 N–H and O–H groups in total. The minimum atomic E-state index is -0.142. The van der Waals surface area contributed by atoms with E-state index in [1.807, 2.05) is 12.1 Å². The molecule has 0 amide bonds. The van der Waals surface area contributed by atoms with Crippen molar-refractivity contribution < 1.29 is 9.13 Å². The van der Waals surface area contributed by atoms with Crippen LogP contribution in [0.15, 0.2) is 22.7 Å². The van der Waals surface area contributed by atoms with Gasteiger partial charge in [0, 0.05) is 24.2 Å². The first-order valence-corrected chi connectivity index (χ1v) is 7.52. The van der Waals surface area contributed by atoms with E-state index in [2.05, 4.69) is 35.1 Å². The summed E-state index contributed by atoms with van der Waals surface area (Å²) in [7, 11) is 1.72. The molecule has 1 aromatic carbocycles. The zero-order chi connectivity index (χ0) is 14.3. The highest BCUT2D eigenvalue weighted by atomic mass is 79.9. The summed E-state index contributed by atoms with van der Waals surface area (Å²) in [5.41, 5.74) is 0.763. The molecule has 1 aromatic rings. The van der Waals surface area contributed by atoms with Crippen molar-refractivity contribution in [1.82, 2.24) is 5.32 Å². The van der Waals surface area contributed by atoms with Crippen molar-refractivity contribution in [3.63, 3.8) is 0 Å². The lowest BCUT2D eigenvalue weighted by atomic mass is 9.96. The van der Waals surface area contributed by atoms with Gasteiger partial charge in [-0.3, -0.25) is 0 Å². The van der Waals surface area contributed by atoms with Crippen LogP contribution in [0.5, 0.6) is 0 Å². The number of nitrogens with one attached hydrogen (secondary N) is 1. The molecule has 0 saturated heterocycles. The topological polar surface area (TPSA) is 21.3 Å². The van der Waals surface area contributed by atoms with E-state index in [-0.39, 0.29) is 11.9 Å². The third-order valence-corrected chi connectivity index (χ3v) is 3.61. The third kappa shape index (κ3) is 6.02. The summed E-state index contributed by atoms with van der Waals surface area (Å²) in [5, 5.41) is 3.43. The standard InChI is InChI=1S/C15H23BrFNO/c1-4-18-14(7-11(2)10-19-3)8-12-5-6-13(16)9-15(12)17/h5-6,9,11,14,18H,4,7-8,10H2,1-3H3. The van der Waals surface area contributed by atoms with E-state index in [1.165, 1.54) is 6.07 Å². The largest absolute Gasteiger partial charge is 0.384 e. The van der Waals surface area contributed by atoms with Crippen LogP contribution in [0, 0.1) is 11.7 Å². The first-order chi connectivity index (χ1) is 9.06. The Labute approximate surface area is 123 Å². The second-order valence-corrected chi connectivity index (χ2v) is 5.91. The van der Waals surface area contributed by atoms with Crippen molar-refractivity contribution in [2.45, 2.75) is 32.7 Å². The molecule has 0 spiro atoms. The SMILES string of the molecule is CCNC(Cc1ccc(Br)cc1F)CC(C)COC. The van der Waals surface area contributed by atoms with Crippen molar-refractivity contribution in [1.29, 1.82) is 0 Å². The van der Waals surface area contributed by atoms with Gasteiger partial charge in [0.05, 0.1) is 0 Å². The lowest BCUT2D eigenvalue weighted by Gasteiger charge is -2.22. The summed E-state index contributed by atoms with van der Waals surface area (Å²) >= 11 is 3.28. The van der Waals surface area contributed by atoms with E-state index in [9.17, 15) is 4.39 Å². The van der Waals surface area contributed by atoms with E-state index < -0.39 is 0 Å². The second kappa shape index (κ2) is 8.67. The number of hydrogen-bond donors (Lipinski definition) is 1. The van der Waals surface area contributed by atoms with Crippen LogP contribution in [-0.4, -0.2) is 26.3 Å². The molecule has 0 saturated carbocycles. The molecule has 0 aliphatic carbocycles. The van der Waals surface area contributed by atoms with Gasteiger partial charge in [0.1, 0.15) is 5.82 Å². The molecule has 2 nitrogen and oxygen atoms in total. The van der Waals surface area contributed by atoms with Crippen LogP contribution >= 0.6 is 15.9 Å². The first kappa shape index (κ1) is 16.6. The van der Waals surface area contributed by atoms with Gasteiger partial charge in [0.2, 0.25) is 0 Å². The Kier molecular flexibility index (Phi) is 7.57. The molecule has 0 bridgehead atoms. The van der Waals surface area contributed by atoms with Gasteiger partial charge in [-0.2, -0.15) is 0 Å². The summed E-state index contributed by atoms with van der Waals surface area (Å²) in [6.45, 7) is 5.87. The monoisotopic (exact) mass is 331 g/mol. The van der Waals surface area contributed by atoms with Crippen molar-refractivity contribution in [3.05, 3.63) is 34.1 Å². The predicted octanol–water partition coefficient (Wildman–Crippen LogP) is 3.78.